The van der Waals surface area contributed by atoms with E-state index in [1.54, 1.807) is 43.4 Å². The predicted molar refractivity (Wildman–Crippen MR) is 538 cm³/mol. The zero-order valence-electron chi connectivity index (χ0n) is 85.9. The molecule has 3 heterocycles. The van der Waals surface area contributed by atoms with Crippen LogP contribution in [-0.4, -0.2) is 459 Å². The molecule has 3 fully saturated rings. The minimum absolute atomic E-state index is 0. The molecule has 3 rings (SSSR count). The summed E-state index contributed by atoms with van der Waals surface area (Å²) >= 11 is 0. The number of allylic oxidation sites excluding steroid dienone is 8. The molecule has 854 valence electrons. The molecule has 0 aromatic carbocycles. The Bertz CT molecular complexity index is 4010. The minimum Gasteiger partial charge on any atom is -0.748 e. The van der Waals surface area contributed by atoms with Gasteiger partial charge >= 0.3 is 29.6 Å². The van der Waals surface area contributed by atoms with Crippen molar-refractivity contribution in [2.75, 3.05) is 5.75 Å². The minimum atomic E-state index is -4.25. The summed E-state index contributed by atoms with van der Waals surface area (Å²) in [5.74, 6) is -2.59. The molecule has 0 saturated carbocycles. The molecule has 36 N–H and O–H groups in total. The molecule has 44 heteroatoms. The second kappa shape index (κ2) is 73.7. The first-order chi connectivity index (χ1) is 68.9. The van der Waals surface area contributed by atoms with E-state index in [1.165, 1.54) is 87.6 Å². The van der Waals surface area contributed by atoms with Gasteiger partial charge in [-0.2, -0.15) is 0 Å². The van der Waals surface area contributed by atoms with E-state index < -0.39 is 303 Å². The Balaban J connectivity index is 0.0000740. The Hall–Kier alpha value is -3.77. The van der Waals surface area contributed by atoms with Gasteiger partial charge in [0.2, 0.25) is 0 Å². The molecule has 0 bridgehead atoms. The van der Waals surface area contributed by atoms with Crippen molar-refractivity contribution >= 4 is 10.1 Å². The Morgan fingerprint density at radius 2 is 0.750 bits per heavy atom. The van der Waals surface area contributed by atoms with Gasteiger partial charge in [-0.05, 0) is 166 Å². The van der Waals surface area contributed by atoms with Gasteiger partial charge < -0.3 is 203 Å². The summed E-state index contributed by atoms with van der Waals surface area (Å²) in [6, 6.07) is 0. The van der Waals surface area contributed by atoms with Crippen molar-refractivity contribution in [2.45, 2.75) is 483 Å². The first-order valence-corrected chi connectivity index (χ1v) is 52.9. The van der Waals surface area contributed by atoms with Gasteiger partial charge in [-0.25, -0.2) is 8.42 Å². The maximum Gasteiger partial charge on any atom is 1.00 e. The van der Waals surface area contributed by atoms with E-state index in [0.29, 0.717) is 62.5 Å². The van der Waals surface area contributed by atoms with Gasteiger partial charge in [0.25, 0.3) is 0 Å². The number of hydrogen-bond donors (Lipinski definition) is 36. The summed E-state index contributed by atoms with van der Waals surface area (Å²) in [5, 5.41) is 389. The fourth-order valence-corrected chi connectivity index (χ4v) is 18.2. The molecule has 0 aromatic heterocycles. The van der Waals surface area contributed by atoms with E-state index in [1.807, 2.05) is 0 Å². The molecule has 0 aromatic rings. The molecule has 3 aliphatic rings. The summed E-state index contributed by atoms with van der Waals surface area (Å²) in [6.45, 7) is 17.0. The van der Waals surface area contributed by atoms with Gasteiger partial charge in [-0.3, -0.25) is 0 Å². The van der Waals surface area contributed by atoms with Gasteiger partial charge in [-0.1, -0.05) is 161 Å². The largest absolute Gasteiger partial charge is 1.00 e. The van der Waals surface area contributed by atoms with Gasteiger partial charge in [0.1, 0.15) is 97.7 Å². The Kier molecular flexibility index (Phi) is 69.9. The van der Waals surface area contributed by atoms with Gasteiger partial charge in [0, 0.05) is 56.1 Å². The van der Waals surface area contributed by atoms with Crippen LogP contribution in [0.1, 0.15) is 227 Å². The third-order valence-corrected chi connectivity index (χ3v) is 28.4. The predicted octanol–water partition coefficient (Wildman–Crippen LogP) is -6.72. The van der Waals surface area contributed by atoms with Crippen molar-refractivity contribution in [3.8, 4) is 0 Å². The molecule has 3 aliphatic heterocycles. The summed E-state index contributed by atoms with van der Waals surface area (Å²) in [6.07, 6.45) is -37.0. The first kappa shape index (κ1) is 140. The van der Waals surface area contributed by atoms with E-state index in [9.17, 15) is 197 Å². The molecule has 0 aliphatic carbocycles. The number of hydrogen-bond acceptors (Lipinski definition) is 42. The van der Waals surface area contributed by atoms with Crippen LogP contribution in [0, 0.1) is 11.8 Å². The molecular weight excluding hydrogens is 1980 g/mol. The van der Waals surface area contributed by atoms with Crippen LogP contribution >= 0.6 is 0 Å². The van der Waals surface area contributed by atoms with E-state index in [4.69, 9.17) is 14.2 Å². The molecule has 3 saturated heterocycles. The maximum absolute atomic E-state index is 11.2. The van der Waals surface area contributed by atoms with Crippen molar-refractivity contribution in [3.63, 3.8) is 0 Å². The first-order valence-electron chi connectivity index (χ1n) is 51.3. The van der Waals surface area contributed by atoms with Gasteiger partial charge in [-0.15, -0.1) is 6.58 Å². The molecule has 44 unspecified atom stereocenters. The van der Waals surface area contributed by atoms with Crippen LogP contribution in [0.3, 0.4) is 0 Å². The van der Waals surface area contributed by atoms with Crippen LogP contribution in [0.25, 0.3) is 0 Å². The van der Waals surface area contributed by atoms with Crippen LogP contribution in [-0.2, 0) is 24.3 Å². The fourth-order valence-electron chi connectivity index (χ4n) is 17.6. The third-order valence-electron chi connectivity index (χ3n) is 27.6. The Morgan fingerprint density at radius 3 is 1.24 bits per heavy atom. The number of rotatable bonds is 76. The zero-order valence-corrected chi connectivity index (χ0v) is 88.7. The molecule has 148 heavy (non-hydrogen) atoms. The quantitative estimate of drug-likeness (QED) is 0.00885. The van der Waals surface area contributed by atoms with Crippen LogP contribution < -0.4 is 29.6 Å². The average molecular weight is 2160 g/mol. The molecule has 44 atom stereocenters. The maximum atomic E-state index is 11.2. The summed E-state index contributed by atoms with van der Waals surface area (Å²) in [4.78, 5) is 0. The van der Waals surface area contributed by atoms with Crippen molar-refractivity contribution in [1.29, 1.82) is 0 Å². The zero-order chi connectivity index (χ0) is 111. The molecular formula is C104H179NaO42S. The van der Waals surface area contributed by atoms with Crippen molar-refractivity contribution < 1.29 is 241 Å². The standard InChI is InChI=1S/C104H180O42S.Na/c1-8-9-26-63(105)28-14-15-29-65(107)31-19-23-39-75(117)95(134)102-100(139)84(126)56-87(146-102)101(140)89(128)60(5)43-47-72(114)86-55-83(125)99(138)104(145-86)97(136)78(120)50-58(3)41-45-69(111)52-80(122)93(132)62(7)91(130)74(116)38-22-18-33-67(109)35-25-34-66(108)32-16-20-36-70(112)76(118)53-81(123)94(133)88(127)59(4)42-46-71(113)85-54-82(124)98(137)103(144-85)96(135)77(119)49-57(2)40-44-68(110)51-79(121)92(131)61(6)90(129)73(115)37-21-17-30-64(106)27-13-11-10-12-24-48-147(141,142)143;/h8,13-15,18,20,22-23,25,27-29,35-36,39,49-50,61-140H,1,4-5,9-12,16-17,19,21,24,26,30-34,37-38,40-48,51-56H2,2-3,6-7H3,(H,141,142,143);/q;+1/p-1/b22-18+,27-13+,28-14+,29-15+,35-25+,36-20+,39-23+,57-49+,58-50+;. The van der Waals surface area contributed by atoms with Crippen molar-refractivity contribution in [2.24, 2.45) is 11.8 Å². The third kappa shape index (κ3) is 52.6. The second-order valence-corrected chi connectivity index (χ2v) is 41.9. The summed E-state index contributed by atoms with van der Waals surface area (Å²) in [7, 11) is -4.25. The van der Waals surface area contributed by atoms with Crippen LogP contribution in [0.4, 0.5) is 0 Å². The van der Waals surface area contributed by atoms with Crippen molar-refractivity contribution in [1.82, 2.24) is 0 Å². The van der Waals surface area contributed by atoms with E-state index in [0.717, 1.165) is 0 Å². The van der Waals surface area contributed by atoms with Gasteiger partial charge in [0.15, 0.2) is 0 Å². The number of unbranched alkanes of at least 4 members (excludes halogenated alkanes) is 4. The normalized spacial score (nSPS) is 27.5. The summed E-state index contributed by atoms with van der Waals surface area (Å²) < 4.78 is 49.5. The molecule has 0 spiro atoms. The van der Waals surface area contributed by atoms with Crippen LogP contribution in [0.15, 0.2) is 145 Å². The average Bonchev–Trinajstić information content (AvgIpc) is 0.808. The van der Waals surface area contributed by atoms with Crippen molar-refractivity contribution in [3.05, 3.63) is 145 Å². The number of aliphatic hydroxyl groups excluding tert-OH is 36. The van der Waals surface area contributed by atoms with E-state index in [2.05, 4.69) is 19.7 Å². The SMILES string of the molecule is C=CCCC(O)/C=C/C=C/C(O)CC/C=C/C(O)C(O)C1OC(C(O)C(O)C(=C)CCC(O)C2CC(O)C(O)C(C(O)C(O)/C=C(\C)CCC(O)CC(O)C(O)C(C)C(O)C(O)C/C=C/CC(O)/C=C/CC(O)CC/C=C/C(O)C(O)CC(O)C(O)C(O)C(=C)CCC(O)C3CC(O)C(O)C(C(O)C(O)/C=C(\C)CCC(O)CC(O)C(O)C(C)C(O)C(O)CCCCC(O)/C=C/CCCCCS(=O)(=O)[O-])O3)O2)CC(O)C1O.[Na+]. The molecule has 0 radical (unpaired) electrons. The van der Waals surface area contributed by atoms with E-state index in [-0.39, 0.29) is 169 Å². The molecule has 0 amide bonds. The second-order valence-electron chi connectivity index (χ2n) is 40.3. The monoisotopic (exact) mass is 2160 g/mol. The topological polar surface area (TPSA) is 813 Å². The van der Waals surface area contributed by atoms with Crippen LogP contribution in [0.2, 0.25) is 0 Å². The van der Waals surface area contributed by atoms with Gasteiger partial charge in [0.05, 0.1) is 169 Å². The Morgan fingerprint density at radius 1 is 0.351 bits per heavy atom. The fraction of sp³-hybridized carbons (Fsp3) is 0.769. The summed E-state index contributed by atoms with van der Waals surface area (Å²) in [5.41, 5.74) is 0.664. The van der Waals surface area contributed by atoms with E-state index >= 15 is 0 Å². The number of aliphatic hydroxyl groups is 36. The molecule has 42 nitrogen and oxygen atoms in total. The van der Waals surface area contributed by atoms with Crippen LogP contribution in [0.5, 0.6) is 0 Å². The Labute approximate surface area is 891 Å². The number of ether oxygens (including phenoxy) is 3. The smallest absolute Gasteiger partial charge is 0.748 e.